The molecule has 0 aliphatic heterocycles. The molecule has 3 aromatic carbocycles. The van der Waals surface area contributed by atoms with E-state index in [1.54, 1.807) is 60.7 Å². The van der Waals surface area contributed by atoms with Crippen LogP contribution < -0.4 is 15.4 Å². The van der Waals surface area contributed by atoms with Gasteiger partial charge >= 0.3 is 0 Å². The van der Waals surface area contributed by atoms with Crippen molar-refractivity contribution in [3.63, 3.8) is 0 Å². The topological polar surface area (TPSA) is 63.5 Å². The van der Waals surface area contributed by atoms with Crippen LogP contribution in [0.3, 0.4) is 0 Å². The lowest BCUT2D eigenvalue weighted by atomic mass is 10.1. The Morgan fingerprint density at radius 1 is 0.879 bits per heavy atom. The minimum absolute atomic E-state index is 0.162. The second-order valence-corrected chi connectivity index (χ2v) is 8.30. The van der Waals surface area contributed by atoms with Crippen LogP contribution in [0.1, 0.15) is 21.7 Å². The van der Waals surface area contributed by atoms with Crippen molar-refractivity contribution in [2.75, 3.05) is 5.32 Å². The summed E-state index contributed by atoms with van der Waals surface area (Å²) in [7, 11) is 0. The van der Waals surface area contributed by atoms with Crippen molar-refractivity contribution in [1.29, 1.82) is 0 Å². The number of furan rings is 1. The van der Waals surface area contributed by atoms with E-state index in [0.29, 0.717) is 28.0 Å². The molecule has 4 aromatic rings. The third-order valence-corrected chi connectivity index (χ3v) is 5.47. The highest BCUT2D eigenvalue weighted by atomic mass is 35.5. The maximum atomic E-state index is 12.5. The second kappa shape index (κ2) is 9.90. The highest BCUT2D eigenvalue weighted by Crippen LogP contribution is 2.25. The first kappa shape index (κ1) is 22.6. The molecule has 1 heterocycles. The number of thiocarbonyl (C=S) groups is 1. The number of amides is 1. The van der Waals surface area contributed by atoms with Gasteiger partial charge in [0, 0.05) is 16.3 Å². The first-order valence-corrected chi connectivity index (χ1v) is 11.0. The number of hydrogen-bond acceptors (Lipinski definition) is 4. The van der Waals surface area contributed by atoms with Gasteiger partial charge in [-0.25, -0.2) is 0 Å². The van der Waals surface area contributed by atoms with E-state index in [1.807, 2.05) is 32.0 Å². The van der Waals surface area contributed by atoms with Gasteiger partial charge in [0.2, 0.25) is 0 Å². The van der Waals surface area contributed by atoms with Crippen molar-refractivity contribution in [3.05, 3.63) is 101 Å². The van der Waals surface area contributed by atoms with Gasteiger partial charge in [0.25, 0.3) is 5.91 Å². The van der Waals surface area contributed by atoms with Crippen molar-refractivity contribution >= 4 is 40.5 Å². The van der Waals surface area contributed by atoms with Crippen LogP contribution in [0.2, 0.25) is 5.02 Å². The number of ether oxygens (including phenoxy) is 1. The zero-order valence-electron chi connectivity index (χ0n) is 18.0. The maximum Gasteiger partial charge on any atom is 0.293 e. The Kier molecular flexibility index (Phi) is 6.77. The monoisotopic (exact) mass is 476 g/mol. The molecule has 2 N–H and O–H groups in total. The Morgan fingerprint density at radius 2 is 1.55 bits per heavy atom. The predicted molar refractivity (Wildman–Crippen MR) is 135 cm³/mol. The summed E-state index contributed by atoms with van der Waals surface area (Å²) in [6.07, 6.45) is 0. The van der Waals surface area contributed by atoms with Crippen LogP contribution in [0.15, 0.2) is 83.3 Å². The van der Waals surface area contributed by atoms with Crippen molar-refractivity contribution in [2.24, 2.45) is 0 Å². The number of carbonyl (C=O) groups excluding carboxylic acids is 1. The molecular formula is C26H21ClN2O3S. The molecule has 0 saturated carbocycles. The molecule has 0 bridgehead atoms. The second-order valence-electron chi connectivity index (χ2n) is 7.45. The molecule has 0 atom stereocenters. The van der Waals surface area contributed by atoms with Gasteiger partial charge in [-0.05, 0) is 104 Å². The number of nitrogens with one attached hydrogen (secondary N) is 2. The fourth-order valence-electron chi connectivity index (χ4n) is 3.08. The van der Waals surface area contributed by atoms with E-state index in [0.717, 1.165) is 11.1 Å². The van der Waals surface area contributed by atoms with E-state index < -0.39 is 5.91 Å². The van der Waals surface area contributed by atoms with Crippen LogP contribution in [0, 0.1) is 13.8 Å². The molecular weight excluding hydrogens is 456 g/mol. The fraction of sp³-hybridized carbons (Fsp3) is 0.0769. The van der Waals surface area contributed by atoms with Gasteiger partial charge in [0.05, 0.1) is 0 Å². The SMILES string of the molecule is Cc1ccc(-c2ccc(C(=O)NC(=S)Nc3ccc(Oc4ccc(Cl)cc4)cc3)o2)cc1C. The van der Waals surface area contributed by atoms with E-state index in [9.17, 15) is 4.79 Å². The standard InChI is InChI=1S/C26H21ClN2O3S/c1-16-3-4-18(15-17(16)2)23-13-14-24(32-23)25(30)29-26(33)28-20-7-11-22(12-8-20)31-21-9-5-19(27)6-10-21/h3-15H,1-2H3,(H2,28,29,30,33). The molecule has 0 fully saturated rings. The van der Waals surface area contributed by atoms with Crippen LogP contribution in [0.5, 0.6) is 11.5 Å². The van der Waals surface area contributed by atoms with Gasteiger partial charge in [-0.2, -0.15) is 0 Å². The lowest BCUT2D eigenvalue weighted by Crippen LogP contribution is -2.33. The van der Waals surface area contributed by atoms with E-state index in [1.165, 1.54) is 5.56 Å². The molecule has 0 aliphatic carbocycles. The summed E-state index contributed by atoms with van der Waals surface area (Å²) in [5.74, 6) is 1.72. The Balaban J connectivity index is 1.34. The Bertz CT molecular complexity index is 1300. The van der Waals surface area contributed by atoms with Gasteiger partial charge in [0.1, 0.15) is 17.3 Å². The molecule has 0 radical (unpaired) electrons. The van der Waals surface area contributed by atoms with Gasteiger partial charge in [-0.3, -0.25) is 10.1 Å². The number of halogens is 1. The lowest BCUT2D eigenvalue weighted by Gasteiger charge is -2.10. The quantitative estimate of drug-likeness (QED) is 0.300. The first-order valence-electron chi connectivity index (χ1n) is 10.2. The van der Waals surface area contributed by atoms with E-state index in [4.69, 9.17) is 33.0 Å². The number of benzene rings is 3. The molecule has 1 amide bonds. The Morgan fingerprint density at radius 3 is 2.21 bits per heavy atom. The third-order valence-electron chi connectivity index (χ3n) is 5.01. The summed E-state index contributed by atoms with van der Waals surface area (Å²) >= 11 is 11.2. The minimum Gasteiger partial charge on any atom is -0.457 e. The number of hydrogen-bond donors (Lipinski definition) is 2. The number of anilines is 1. The van der Waals surface area contributed by atoms with Gasteiger partial charge in [-0.1, -0.05) is 23.7 Å². The Labute approximate surface area is 202 Å². The zero-order valence-corrected chi connectivity index (χ0v) is 19.6. The van der Waals surface area contributed by atoms with E-state index in [2.05, 4.69) is 10.6 Å². The normalized spacial score (nSPS) is 10.5. The van der Waals surface area contributed by atoms with Crippen molar-refractivity contribution in [1.82, 2.24) is 5.32 Å². The van der Waals surface area contributed by atoms with Crippen molar-refractivity contribution in [2.45, 2.75) is 13.8 Å². The summed E-state index contributed by atoms with van der Waals surface area (Å²) in [6, 6.07) is 23.7. The highest BCUT2D eigenvalue weighted by Gasteiger charge is 2.14. The maximum absolute atomic E-state index is 12.5. The first-order chi connectivity index (χ1) is 15.9. The average Bonchev–Trinajstić information content (AvgIpc) is 3.29. The summed E-state index contributed by atoms with van der Waals surface area (Å²) in [4.78, 5) is 12.5. The van der Waals surface area contributed by atoms with Crippen molar-refractivity contribution in [3.8, 4) is 22.8 Å². The molecule has 7 heteroatoms. The molecule has 5 nitrogen and oxygen atoms in total. The van der Waals surface area contributed by atoms with Crippen LogP contribution in [-0.4, -0.2) is 11.0 Å². The smallest absolute Gasteiger partial charge is 0.293 e. The van der Waals surface area contributed by atoms with Crippen LogP contribution in [0.25, 0.3) is 11.3 Å². The highest BCUT2D eigenvalue weighted by molar-refractivity contribution is 7.80. The van der Waals surface area contributed by atoms with Gasteiger partial charge in [-0.15, -0.1) is 0 Å². The van der Waals surface area contributed by atoms with Crippen molar-refractivity contribution < 1.29 is 13.9 Å². The van der Waals surface area contributed by atoms with E-state index >= 15 is 0 Å². The van der Waals surface area contributed by atoms with Gasteiger partial charge < -0.3 is 14.5 Å². The minimum atomic E-state index is -0.426. The van der Waals surface area contributed by atoms with Crippen LogP contribution in [-0.2, 0) is 0 Å². The number of carbonyl (C=O) groups is 1. The summed E-state index contributed by atoms with van der Waals surface area (Å²) < 4.78 is 11.5. The molecule has 0 saturated heterocycles. The molecule has 4 rings (SSSR count). The third kappa shape index (κ3) is 5.80. The van der Waals surface area contributed by atoms with E-state index in [-0.39, 0.29) is 10.9 Å². The largest absolute Gasteiger partial charge is 0.457 e. The molecule has 1 aromatic heterocycles. The molecule has 166 valence electrons. The predicted octanol–water partition coefficient (Wildman–Crippen LogP) is 7.14. The summed E-state index contributed by atoms with van der Waals surface area (Å²) in [5, 5.41) is 6.42. The number of rotatable bonds is 5. The summed E-state index contributed by atoms with van der Waals surface area (Å²) in [5.41, 5.74) is 3.98. The fourth-order valence-corrected chi connectivity index (χ4v) is 3.42. The molecule has 0 aliphatic rings. The molecule has 0 unspecified atom stereocenters. The molecule has 0 spiro atoms. The Hall–Kier alpha value is -3.61. The average molecular weight is 477 g/mol. The van der Waals surface area contributed by atoms with Gasteiger partial charge in [0.15, 0.2) is 10.9 Å². The summed E-state index contributed by atoms with van der Waals surface area (Å²) in [6.45, 7) is 4.09. The lowest BCUT2D eigenvalue weighted by molar-refractivity contribution is 0.0951. The van der Waals surface area contributed by atoms with Crippen LogP contribution >= 0.6 is 23.8 Å². The van der Waals surface area contributed by atoms with Crippen LogP contribution in [0.4, 0.5) is 5.69 Å². The number of aryl methyl sites for hydroxylation is 2. The zero-order chi connectivity index (χ0) is 23.4. The molecule has 33 heavy (non-hydrogen) atoms.